The number of aliphatic hydroxyl groups excluding tert-OH is 1. The molecule has 0 unspecified atom stereocenters. The number of amides is 1. The fraction of sp³-hybridized carbons (Fsp3) is 0.350. The Morgan fingerprint density at radius 3 is 2.88 bits per heavy atom. The summed E-state index contributed by atoms with van der Waals surface area (Å²) in [5.41, 5.74) is 2.47. The van der Waals surface area contributed by atoms with Crippen molar-refractivity contribution in [2.45, 2.75) is 24.8 Å². The van der Waals surface area contributed by atoms with Crippen molar-refractivity contribution >= 4 is 11.6 Å². The van der Waals surface area contributed by atoms with Gasteiger partial charge in [0.25, 0.3) is 0 Å². The first kappa shape index (κ1) is 17.5. The second kappa shape index (κ2) is 7.68. The molecular formula is C20H24N2O3. The number of nitrogens with one attached hydrogen (secondary N) is 2. The zero-order valence-electron chi connectivity index (χ0n) is 14.4. The highest BCUT2D eigenvalue weighted by Gasteiger charge is 2.35. The van der Waals surface area contributed by atoms with Gasteiger partial charge in [0, 0.05) is 11.8 Å². The molecular weight excluding hydrogens is 316 g/mol. The van der Waals surface area contributed by atoms with Crippen LogP contribution < -0.4 is 15.4 Å². The van der Waals surface area contributed by atoms with Gasteiger partial charge < -0.3 is 15.2 Å². The number of carbonyl (C=O) groups is 1. The minimum atomic E-state index is -0.555. The Kier molecular flexibility index (Phi) is 5.36. The number of rotatable bonds is 6. The molecule has 0 bridgehead atoms. The van der Waals surface area contributed by atoms with Crippen molar-refractivity contribution in [1.82, 2.24) is 5.32 Å². The van der Waals surface area contributed by atoms with Crippen molar-refractivity contribution in [2.75, 3.05) is 25.6 Å². The summed E-state index contributed by atoms with van der Waals surface area (Å²) < 4.78 is 5.16. The summed E-state index contributed by atoms with van der Waals surface area (Å²) in [6.07, 6.45) is 2.81. The van der Waals surface area contributed by atoms with Crippen molar-refractivity contribution in [3.05, 3.63) is 59.7 Å². The molecule has 2 aromatic carbocycles. The molecule has 1 aliphatic carbocycles. The van der Waals surface area contributed by atoms with Crippen molar-refractivity contribution < 1.29 is 14.6 Å². The normalized spacial score (nSPS) is 19.1. The molecule has 2 aromatic rings. The summed E-state index contributed by atoms with van der Waals surface area (Å²) in [5.74, 6) is 0.544. The van der Waals surface area contributed by atoms with Crippen molar-refractivity contribution in [1.29, 1.82) is 0 Å². The van der Waals surface area contributed by atoms with E-state index in [4.69, 9.17) is 4.74 Å². The van der Waals surface area contributed by atoms with E-state index in [2.05, 4.69) is 16.7 Å². The predicted octanol–water partition coefficient (Wildman–Crippen LogP) is 2.45. The Labute approximate surface area is 148 Å². The van der Waals surface area contributed by atoms with Crippen LogP contribution in [0, 0.1) is 0 Å². The van der Waals surface area contributed by atoms with E-state index < -0.39 is 5.54 Å². The molecule has 0 spiro atoms. The molecule has 3 N–H and O–H groups in total. The van der Waals surface area contributed by atoms with Gasteiger partial charge in [-0.15, -0.1) is 0 Å². The van der Waals surface area contributed by atoms with Gasteiger partial charge >= 0.3 is 0 Å². The van der Waals surface area contributed by atoms with Crippen LogP contribution in [0.25, 0.3) is 0 Å². The Balaban J connectivity index is 1.68. The van der Waals surface area contributed by atoms with Crippen LogP contribution in [0.5, 0.6) is 5.75 Å². The van der Waals surface area contributed by atoms with E-state index in [9.17, 15) is 9.90 Å². The number of aryl methyl sites for hydroxylation is 1. The number of fused-ring (bicyclic) bond motifs is 1. The van der Waals surface area contributed by atoms with Crippen LogP contribution in [0.15, 0.2) is 48.5 Å². The van der Waals surface area contributed by atoms with Gasteiger partial charge in [-0.1, -0.05) is 30.3 Å². The first-order valence-electron chi connectivity index (χ1n) is 8.55. The highest BCUT2D eigenvalue weighted by atomic mass is 16.5. The van der Waals surface area contributed by atoms with Gasteiger partial charge in [-0.25, -0.2) is 0 Å². The van der Waals surface area contributed by atoms with Crippen LogP contribution in [-0.2, 0) is 16.8 Å². The van der Waals surface area contributed by atoms with Gasteiger partial charge in [0.05, 0.1) is 25.8 Å². The standard InChI is InChI=1S/C20H24N2O3/c1-25-17-9-4-8-16(12-17)22-19(24)13-21-20(14-23)11-5-7-15-6-2-3-10-18(15)20/h2-4,6,8-10,12,21,23H,5,7,11,13-14H2,1H3,(H,22,24)/t20-/m0/s1. The van der Waals surface area contributed by atoms with E-state index in [1.807, 2.05) is 36.4 Å². The lowest BCUT2D eigenvalue weighted by Crippen LogP contribution is -2.50. The molecule has 1 atom stereocenters. The lowest BCUT2D eigenvalue weighted by molar-refractivity contribution is -0.115. The van der Waals surface area contributed by atoms with E-state index in [1.165, 1.54) is 5.56 Å². The maximum Gasteiger partial charge on any atom is 0.238 e. The van der Waals surface area contributed by atoms with E-state index in [0.29, 0.717) is 11.4 Å². The third-order valence-electron chi connectivity index (χ3n) is 4.79. The van der Waals surface area contributed by atoms with Crippen molar-refractivity contribution in [3.8, 4) is 5.75 Å². The topological polar surface area (TPSA) is 70.6 Å². The van der Waals surface area contributed by atoms with Crippen LogP contribution in [-0.4, -0.2) is 31.3 Å². The predicted molar refractivity (Wildman–Crippen MR) is 97.8 cm³/mol. The molecule has 1 amide bonds. The molecule has 3 rings (SSSR count). The van der Waals surface area contributed by atoms with Gasteiger partial charge in [-0.2, -0.15) is 0 Å². The first-order valence-corrected chi connectivity index (χ1v) is 8.55. The Morgan fingerprint density at radius 1 is 1.24 bits per heavy atom. The molecule has 5 heteroatoms. The maximum atomic E-state index is 12.3. The summed E-state index contributed by atoms with van der Waals surface area (Å²) in [7, 11) is 1.59. The monoisotopic (exact) mass is 340 g/mol. The molecule has 132 valence electrons. The largest absolute Gasteiger partial charge is 0.497 e. The summed E-state index contributed by atoms with van der Waals surface area (Å²) >= 11 is 0. The van der Waals surface area contributed by atoms with E-state index >= 15 is 0 Å². The van der Waals surface area contributed by atoms with E-state index in [1.54, 1.807) is 13.2 Å². The van der Waals surface area contributed by atoms with Crippen molar-refractivity contribution in [3.63, 3.8) is 0 Å². The first-order chi connectivity index (χ1) is 12.2. The second-order valence-corrected chi connectivity index (χ2v) is 6.38. The number of anilines is 1. The fourth-order valence-corrected chi connectivity index (χ4v) is 3.48. The number of hydrogen-bond donors (Lipinski definition) is 3. The SMILES string of the molecule is COc1cccc(NC(=O)CN[C@]2(CO)CCCc3ccccc32)c1. The average Bonchev–Trinajstić information content (AvgIpc) is 2.66. The highest BCUT2D eigenvalue weighted by Crippen LogP contribution is 2.34. The van der Waals surface area contributed by atoms with Gasteiger partial charge in [0.15, 0.2) is 0 Å². The molecule has 5 nitrogen and oxygen atoms in total. The minimum absolute atomic E-state index is 0.0313. The second-order valence-electron chi connectivity index (χ2n) is 6.38. The van der Waals surface area contributed by atoms with Gasteiger partial charge in [0.1, 0.15) is 5.75 Å². The van der Waals surface area contributed by atoms with Crippen LogP contribution in [0.1, 0.15) is 24.0 Å². The van der Waals surface area contributed by atoms with E-state index in [0.717, 1.165) is 24.8 Å². The molecule has 0 aromatic heterocycles. The van der Waals surface area contributed by atoms with Gasteiger partial charge in [0.2, 0.25) is 5.91 Å². The third-order valence-corrected chi connectivity index (χ3v) is 4.79. The molecule has 25 heavy (non-hydrogen) atoms. The zero-order valence-corrected chi connectivity index (χ0v) is 14.4. The van der Waals surface area contributed by atoms with Gasteiger partial charge in [-0.05, 0) is 42.5 Å². The van der Waals surface area contributed by atoms with Crippen LogP contribution in [0.3, 0.4) is 0 Å². The average molecular weight is 340 g/mol. The smallest absolute Gasteiger partial charge is 0.238 e. The molecule has 0 fully saturated rings. The van der Waals surface area contributed by atoms with Gasteiger partial charge in [-0.3, -0.25) is 10.1 Å². The van der Waals surface area contributed by atoms with Crippen LogP contribution >= 0.6 is 0 Å². The molecule has 0 heterocycles. The Bertz CT molecular complexity index is 747. The Morgan fingerprint density at radius 2 is 2.08 bits per heavy atom. The number of methoxy groups -OCH3 is 1. The lowest BCUT2D eigenvalue weighted by atomic mass is 9.77. The molecule has 0 saturated carbocycles. The Hall–Kier alpha value is -2.37. The zero-order chi connectivity index (χ0) is 17.7. The molecule has 0 saturated heterocycles. The van der Waals surface area contributed by atoms with Crippen LogP contribution in [0.4, 0.5) is 5.69 Å². The maximum absolute atomic E-state index is 12.3. The van der Waals surface area contributed by atoms with E-state index in [-0.39, 0.29) is 19.1 Å². The number of benzene rings is 2. The third kappa shape index (κ3) is 3.83. The number of aliphatic hydroxyl groups is 1. The molecule has 0 aliphatic heterocycles. The molecule has 1 aliphatic rings. The number of ether oxygens (including phenoxy) is 1. The summed E-state index contributed by atoms with van der Waals surface area (Å²) in [6, 6.07) is 15.4. The number of hydrogen-bond acceptors (Lipinski definition) is 4. The summed E-state index contributed by atoms with van der Waals surface area (Å²) in [4.78, 5) is 12.3. The summed E-state index contributed by atoms with van der Waals surface area (Å²) in [5, 5.41) is 16.2. The minimum Gasteiger partial charge on any atom is -0.497 e. The van der Waals surface area contributed by atoms with Crippen molar-refractivity contribution in [2.24, 2.45) is 0 Å². The van der Waals surface area contributed by atoms with Crippen LogP contribution in [0.2, 0.25) is 0 Å². The number of carbonyl (C=O) groups excluding carboxylic acids is 1. The molecule has 0 radical (unpaired) electrons. The highest BCUT2D eigenvalue weighted by molar-refractivity contribution is 5.92. The lowest BCUT2D eigenvalue weighted by Gasteiger charge is -2.38. The quantitative estimate of drug-likeness (QED) is 0.755. The summed E-state index contributed by atoms with van der Waals surface area (Å²) in [6.45, 7) is 0.0998. The fourth-order valence-electron chi connectivity index (χ4n) is 3.48.